The summed E-state index contributed by atoms with van der Waals surface area (Å²) in [7, 11) is 0. The van der Waals surface area contributed by atoms with Gasteiger partial charge in [0.15, 0.2) is 0 Å². The van der Waals surface area contributed by atoms with Crippen molar-refractivity contribution in [3.05, 3.63) is 24.6 Å². The van der Waals surface area contributed by atoms with Gasteiger partial charge in [-0.05, 0) is 19.5 Å². The first-order valence-electron chi connectivity index (χ1n) is 6.03. The lowest BCUT2D eigenvalue weighted by Crippen LogP contribution is -2.30. The minimum Gasteiger partial charge on any atom is -0.481 e. The van der Waals surface area contributed by atoms with E-state index >= 15 is 0 Å². The van der Waals surface area contributed by atoms with Gasteiger partial charge < -0.3 is 15.7 Å². The second kappa shape index (κ2) is 9.27. The summed E-state index contributed by atoms with van der Waals surface area (Å²) in [5.74, 6) is -0.823. The molecule has 0 aliphatic rings. The molecule has 0 aromatic carbocycles. The smallest absolute Gasteiger partial charge is 0.303 e. The number of carboxylic acid groups (broad SMARTS) is 1. The summed E-state index contributed by atoms with van der Waals surface area (Å²) in [6.45, 7) is 8.01. The normalized spacial score (nSPS) is 12.7. The molecule has 0 bridgehead atoms. The number of aliphatic carboxylic acids is 1. The predicted octanol–water partition coefficient (Wildman–Crippen LogP) is 1.63. The third kappa shape index (κ3) is 7.49. The zero-order valence-corrected chi connectivity index (χ0v) is 11.0. The highest BCUT2D eigenvalue weighted by Gasteiger charge is 2.09. The molecule has 0 aromatic rings. The predicted molar refractivity (Wildman–Crippen MR) is 70.8 cm³/mol. The largest absolute Gasteiger partial charge is 0.481 e. The first kappa shape index (κ1) is 16.2. The molecule has 0 aliphatic heterocycles. The minimum absolute atomic E-state index is 0.0289. The Morgan fingerprint density at radius 3 is 2.56 bits per heavy atom. The highest BCUT2D eigenvalue weighted by molar-refractivity contribution is 5.76. The van der Waals surface area contributed by atoms with E-state index in [0.29, 0.717) is 13.0 Å². The molecule has 0 aromatic heterocycles. The summed E-state index contributed by atoms with van der Waals surface area (Å²) < 4.78 is 0. The lowest BCUT2D eigenvalue weighted by molar-refractivity contribution is -0.137. The number of carbonyl (C=O) groups excluding carboxylic acids is 1. The fraction of sp³-hybridized carbons (Fsp3) is 0.538. The van der Waals surface area contributed by atoms with Gasteiger partial charge in [0.1, 0.15) is 0 Å². The molecule has 0 saturated carbocycles. The summed E-state index contributed by atoms with van der Waals surface area (Å²) >= 11 is 0. The van der Waals surface area contributed by atoms with Crippen LogP contribution in [0, 0.1) is 5.92 Å². The number of allylic oxidation sites excluding steroid dienone is 1. The quantitative estimate of drug-likeness (QED) is 0.584. The van der Waals surface area contributed by atoms with Gasteiger partial charge in [-0.15, -0.1) is 0 Å². The van der Waals surface area contributed by atoms with Crippen LogP contribution in [0.1, 0.15) is 33.1 Å². The molecule has 5 nitrogen and oxygen atoms in total. The number of carboxylic acids is 1. The molecule has 0 spiro atoms. The first-order valence-corrected chi connectivity index (χ1v) is 6.03. The fourth-order valence-corrected chi connectivity index (χ4v) is 1.49. The summed E-state index contributed by atoms with van der Waals surface area (Å²) in [6.07, 6.45) is 4.18. The third-order valence-corrected chi connectivity index (χ3v) is 2.51. The summed E-state index contributed by atoms with van der Waals surface area (Å²) in [5.41, 5.74) is 0.996. The third-order valence-electron chi connectivity index (χ3n) is 2.51. The number of hydrogen-bond donors (Lipinski definition) is 3. The standard InChI is InChI=1S/C13H22N2O3/c1-4-11(14-5-2)10(3)9-15-12(16)7-6-8-13(17)18/h4-5,10,14H,2,6-9H2,1,3H3,(H,15,16)(H,17,18)/b11-4-. The maximum atomic E-state index is 11.4. The van der Waals surface area contributed by atoms with Gasteiger partial charge in [0, 0.05) is 31.0 Å². The van der Waals surface area contributed by atoms with Gasteiger partial charge in [-0.25, -0.2) is 0 Å². The van der Waals surface area contributed by atoms with Crippen molar-refractivity contribution in [1.82, 2.24) is 10.6 Å². The lowest BCUT2D eigenvalue weighted by atomic mass is 10.1. The van der Waals surface area contributed by atoms with Gasteiger partial charge in [0.25, 0.3) is 0 Å². The SMILES string of the molecule is C=CN/C(=C\C)C(C)CNC(=O)CCCC(=O)O. The van der Waals surface area contributed by atoms with Crippen LogP contribution >= 0.6 is 0 Å². The summed E-state index contributed by atoms with van der Waals surface area (Å²) in [5, 5.41) is 14.2. The Morgan fingerprint density at radius 2 is 2.06 bits per heavy atom. The molecule has 0 fully saturated rings. The van der Waals surface area contributed by atoms with E-state index in [-0.39, 0.29) is 24.7 Å². The summed E-state index contributed by atoms with van der Waals surface area (Å²) in [4.78, 5) is 21.7. The van der Waals surface area contributed by atoms with Crippen LogP contribution in [0.25, 0.3) is 0 Å². The van der Waals surface area contributed by atoms with Gasteiger partial charge in [-0.2, -0.15) is 0 Å². The number of nitrogens with one attached hydrogen (secondary N) is 2. The van der Waals surface area contributed by atoms with Crippen molar-refractivity contribution in [3.8, 4) is 0 Å². The second-order valence-corrected chi connectivity index (χ2v) is 4.04. The minimum atomic E-state index is -0.873. The van der Waals surface area contributed by atoms with E-state index in [0.717, 1.165) is 5.70 Å². The Labute approximate surface area is 108 Å². The molecule has 3 N–H and O–H groups in total. The maximum Gasteiger partial charge on any atom is 0.303 e. The zero-order valence-electron chi connectivity index (χ0n) is 11.0. The van der Waals surface area contributed by atoms with Crippen molar-refractivity contribution in [1.29, 1.82) is 0 Å². The van der Waals surface area contributed by atoms with Gasteiger partial charge in [0.2, 0.25) is 5.91 Å². The molecule has 0 saturated heterocycles. The molecule has 1 unspecified atom stereocenters. The van der Waals surface area contributed by atoms with E-state index in [4.69, 9.17) is 5.11 Å². The monoisotopic (exact) mass is 254 g/mol. The van der Waals surface area contributed by atoms with Crippen LogP contribution in [0.4, 0.5) is 0 Å². The summed E-state index contributed by atoms with van der Waals surface area (Å²) in [6, 6.07) is 0. The number of hydrogen-bond acceptors (Lipinski definition) is 3. The molecule has 18 heavy (non-hydrogen) atoms. The fourth-order valence-electron chi connectivity index (χ4n) is 1.49. The van der Waals surface area contributed by atoms with Crippen LogP contribution < -0.4 is 10.6 Å². The van der Waals surface area contributed by atoms with E-state index in [1.807, 2.05) is 19.9 Å². The Morgan fingerprint density at radius 1 is 1.39 bits per heavy atom. The van der Waals surface area contributed by atoms with Crippen molar-refractivity contribution in [2.75, 3.05) is 6.54 Å². The van der Waals surface area contributed by atoms with E-state index in [1.165, 1.54) is 0 Å². The second-order valence-electron chi connectivity index (χ2n) is 4.04. The Hall–Kier alpha value is -1.78. The average Bonchev–Trinajstić information content (AvgIpc) is 2.32. The number of rotatable bonds is 9. The highest BCUT2D eigenvalue weighted by atomic mass is 16.4. The Bertz CT molecular complexity index is 324. The van der Waals surface area contributed by atoms with Crippen LogP contribution in [-0.4, -0.2) is 23.5 Å². The highest BCUT2D eigenvalue weighted by Crippen LogP contribution is 2.06. The van der Waals surface area contributed by atoms with Crippen molar-refractivity contribution < 1.29 is 14.7 Å². The molecule has 0 rings (SSSR count). The zero-order chi connectivity index (χ0) is 14.0. The molecule has 0 heterocycles. The molecule has 1 atom stereocenters. The van der Waals surface area contributed by atoms with Gasteiger partial charge in [0.05, 0.1) is 0 Å². The van der Waals surface area contributed by atoms with Crippen LogP contribution in [-0.2, 0) is 9.59 Å². The lowest BCUT2D eigenvalue weighted by Gasteiger charge is -2.16. The van der Waals surface area contributed by atoms with Crippen molar-refractivity contribution >= 4 is 11.9 Å². The Kier molecular flexibility index (Phi) is 8.35. The molecular formula is C13H22N2O3. The van der Waals surface area contributed by atoms with E-state index in [1.54, 1.807) is 6.20 Å². The average molecular weight is 254 g/mol. The van der Waals surface area contributed by atoms with Crippen LogP contribution in [0.2, 0.25) is 0 Å². The maximum absolute atomic E-state index is 11.4. The van der Waals surface area contributed by atoms with Crippen molar-refractivity contribution in [2.45, 2.75) is 33.1 Å². The van der Waals surface area contributed by atoms with Crippen LogP contribution in [0.5, 0.6) is 0 Å². The molecule has 102 valence electrons. The first-order chi connectivity index (χ1) is 8.51. The Balaban J connectivity index is 3.90. The van der Waals surface area contributed by atoms with Crippen LogP contribution in [0.15, 0.2) is 24.6 Å². The van der Waals surface area contributed by atoms with E-state index in [9.17, 15) is 9.59 Å². The molecule has 1 amide bonds. The topological polar surface area (TPSA) is 78.4 Å². The van der Waals surface area contributed by atoms with Crippen LogP contribution in [0.3, 0.4) is 0 Å². The van der Waals surface area contributed by atoms with Gasteiger partial charge >= 0.3 is 5.97 Å². The number of amides is 1. The van der Waals surface area contributed by atoms with Gasteiger partial charge in [-0.3, -0.25) is 9.59 Å². The molecule has 5 heteroatoms. The van der Waals surface area contributed by atoms with E-state index < -0.39 is 5.97 Å². The number of carbonyl (C=O) groups is 2. The van der Waals surface area contributed by atoms with Crippen molar-refractivity contribution in [3.63, 3.8) is 0 Å². The molecular weight excluding hydrogens is 232 g/mol. The van der Waals surface area contributed by atoms with Crippen molar-refractivity contribution in [2.24, 2.45) is 5.92 Å². The molecule has 0 aliphatic carbocycles. The van der Waals surface area contributed by atoms with Gasteiger partial charge in [-0.1, -0.05) is 19.6 Å². The molecule has 0 radical (unpaired) electrons. The van der Waals surface area contributed by atoms with E-state index in [2.05, 4.69) is 17.2 Å².